The molecule has 2 aromatic heterocycles. The molecule has 0 aliphatic carbocycles. The number of nitrogens with two attached hydrogens (primary N) is 1. The molecule has 40 heavy (non-hydrogen) atoms. The highest BCUT2D eigenvalue weighted by Crippen LogP contribution is 2.26. The monoisotopic (exact) mass is 544 g/mol. The molecule has 0 saturated carbocycles. The number of carbonyl (C=O) groups excluding carboxylic acids is 2. The zero-order valence-corrected chi connectivity index (χ0v) is 22.1. The summed E-state index contributed by atoms with van der Waals surface area (Å²) >= 11 is 0. The van der Waals surface area contributed by atoms with Gasteiger partial charge in [-0.2, -0.15) is 5.10 Å². The molecule has 208 valence electrons. The van der Waals surface area contributed by atoms with Crippen molar-refractivity contribution in [3.05, 3.63) is 84.3 Å². The number of nitrogens with zero attached hydrogens (tertiary/aromatic N) is 4. The molecule has 0 radical (unpaired) electrons. The molecular formula is C28H32N8O4. The van der Waals surface area contributed by atoms with Gasteiger partial charge in [-0.15, -0.1) is 0 Å². The van der Waals surface area contributed by atoms with E-state index in [1.807, 2.05) is 66.9 Å². The summed E-state index contributed by atoms with van der Waals surface area (Å²) < 4.78 is 12.5. The van der Waals surface area contributed by atoms with Gasteiger partial charge in [0.25, 0.3) is 0 Å². The Morgan fingerprint density at radius 3 is 2.73 bits per heavy atom. The second-order valence-corrected chi connectivity index (χ2v) is 9.55. The second kappa shape index (κ2) is 12.3. The van der Waals surface area contributed by atoms with Crippen molar-refractivity contribution in [2.45, 2.75) is 31.7 Å². The molecule has 1 aliphatic heterocycles. The van der Waals surface area contributed by atoms with Gasteiger partial charge in [0.15, 0.2) is 5.82 Å². The topological polar surface area (TPSA) is 148 Å². The highest BCUT2D eigenvalue weighted by molar-refractivity contribution is 5.77. The average Bonchev–Trinajstić information content (AvgIpc) is 3.37. The Morgan fingerprint density at radius 1 is 1.07 bits per heavy atom. The van der Waals surface area contributed by atoms with Gasteiger partial charge in [-0.1, -0.05) is 36.4 Å². The van der Waals surface area contributed by atoms with E-state index in [0.29, 0.717) is 31.9 Å². The number of methoxy groups -OCH3 is 1. The maximum Gasteiger partial charge on any atom is 0.407 e. The fourth-order valence-electron chi connectivity index (χ4n) is 4.90. The molecule has 1 aliphatic rings. The number of alkyl carbamates (subject to hydrolysis) is 1. The summed E-state index contributed by atoms with van der Waals surface area (Å²) in [6, 6.07) is 17.7. The van der Waals surface area contributed by atoms with Crippen LogP contribution in [-0.4, -0.2) is 63.9 Å². The van der Waals surface area contributed by atoms with Crippen molar-refractivity contribution in [2.24, 2.45) is 5.73 Å². The van der Waals surface area contributed by atoms with E-state index in [2.05, 4.69) is 30.9 Å². The minimum Gasteiger partial charge on any atom is -0.497 e. The number of urea groups is 1. The third-order valence-electron chi connectivity index (χ3n) is 6.80. The van der Waals surface area contributed by atoms with Crippen molar-refractivity contribution in [1.82, 2.24) is 30.1 Å². The molecule has 2 atom stereocenters. The second-order valence-electron chi connectivity index (χ2n) is 9.55. The number of ether oxygens (including phenoxy) is 2. The number of nitrogens with one attached hydrogen (secondary N) is 3. The summed E-state index contributed by atoms with van der Waals surface area (Å²) in [6.07, 6.45) is 3.45. The van der Waals surface area contributed by atoms with E-state index < -0.39 is 18.2 Å². The summed E-state index contributed by atoms with van der Waals surface area (Å²) in [4.78, 5) is 31.0. The molecule has 3 amide bonds. The first-order valence-electron chi connectivity index (χ1n) is 13.0. The first-order valence-corrected chi connectivity index (χ1v) is 13.0. The highest BCUT2D eigenvalue weighted by atomic mass is 16.5. The van der Waals surface area contributed by atoms with Crippen LogP contribution in [0.4, 0.5) is 21.1 Å². The number of rotatable bonds is 9. The van der Waals surface area contributed by atoms with Crippen LogP contribution in [0.15, 0.2) is 73.2 Å². The third kappa shape index (κ3) is 6.59. The predicted octanol–water partition coefficient (Wildman–Crippen LogP) is 3.02. The van der Waals surface area contributed by atoms with Gasteiger partial charge in [0.2, 0.25) is 0 Å². The number of hydrogen-bond donors (Lipinski definition) is 4. The van der Waals surface area contributed by atoms with Crippen LogP contribution in [0.1, 0.15) is 17.5 Å². The number of benzene rings is 2. The number of hydrogen-bond acceptors (Lipinski definition) is 8. The molecule has 0 unspecified atom stereocenters. The lowest BCUT2D eigenvalue weighted by Gasteiger charge is -2.38. The zero-order chi connectivity index (χ0) is 27.9. The Bertz CT molecular complexity index is 1460. The van der Waals surface area contributed by atoms with Crippen LogP contribution in [0.3, 0.4) is 0 Å². The van der Waals surface area contributed by atoms with E-state index in [1.54, 1.807) is 11.6 Å². The molecule has 5 N–H and O–H groups in total. The van der Waals surface area contributed by atoms with E-state index in [-0.39, 0.29) is 12.6 Å². The van der Waals surface area contributed by atoms with E-state index >= 15 is 0 Å². The van der Waals surface area contributed by atoms with Gasteiger partial charge in [0.1, 0.15) is 24.2 Å². The molecule has 1 fully saturated rings. The van der Waals surface area contributed by atoms with Crippen molar-refractivity contribution >= 4 is 29.1 Å². The number of aromatic nitrogens is 3. The SMILES string of the molecule is COc1cccc(Nc2ncnn3ccc(CN4CC[C@@H](NC(=O)OCc5ccccc5)[C@H](NC(N)=O)C4)c23)c1. The van der Waals surface area contributed by atoms with E-state index in [9.17, 15) is 9.59 Å². The molecule has 5 rings (SSSR count). The number of anilines is 2. The summed E-state index contributed by atoms with van der Waals surface area (Å²) in [7, 11) is 1.62. The van der Waals surface area contributed by atoms with Gasteiger partial charge < -0.3 is 31.2 Å². The molecule has 12 heteroatoms. The molecule has 0 spiro atoms. The van der Waals surface area contributed by atoms with Crippen molar-refractivity contribution in [1.29, 1.82) is 0 Å². The molecule has 4 aromatic rings. The summed E-state index contributed by atoms with van der Waals surface area (Å²) in [5, 5.41) is 13.4. The van der Waals surface area contributed by atoms with Gasteiger partial charge in [-0.05, 0) is 35.7 Å². The number of primary amides is 1. The maximum atomic E-state index is 12.5. The minimum absolute atomic E-state index is 0.162. The molecule has 1 saturated heterocycles. The third-order valence-corrected chi connectivity index (χ3v) is 6.80. The fourth-order valence-corrected chi connectivity index (χ4v) is 4.90. The van der Waals surface area contributed by atoms with E-state index in [0.717, 1.165) is 28.1 Å². The Morgan fingerprint density at radius 2 is 1.93 bits per heavy atom. The van der Waals surface area contributed by atoms with Crippen LogP contribution in [0.5, 0.6) is 5.75 Å². The zero-order valence-electron chi connectivity index (χ0n) is 22.1. The minimum atomic E-state index is -0.649. The Balaban J connectivity index is 1.26. The summed E-state index contributed by atoms with van der Waals surface area (Å²) in [5.74, 6) is 1.40. The van der Waals surface area contributed by atoms with Gasteiger partial charge in [-0.25, -0.2) is 19.1 Å². The Hall–Kier alpha value is -4.84. The molecular weight excluding hydrogens is 512 g/mol. The van der Waals surface area contributed by atoms with Gasteiger partial charge >= 0.3 is 12.1 Å². The van der Waals surface area contributed by atoms with Crippen molar-refractivity contribution in [3.8, 4) is 5.75 Å². The lowest BCUT2D eigenvalue weighted by Crippen LogP contribution is -2.61. The van der Waals surface area contributed by atoms with Crippen LogP contribution >= 0.6 is 0 Å². The normalized spacial score (nSPS) is 17.2. The lowest BCUT2D eigenvalue weighted by molar-refractivity contribution is 0.115. The smallest absolute Gasteiger partial charge is 0.407 e. The quantitative estimate of drug-likeness (QED) is 0.251. The first kappa shape index (κ1) is 26.8. The molecule has 3 heterocycles. The van der Waals surface area contributed by atoms with Gasteiger partial charge in [0.05, 0.1) is 19.2 Å². The van der Waals surface area contributed by atoms with Crippen LogP contribution in [0.25, 0.3) is 5.52 Å². The van der Waals surface area contributed by atoms with Gasteiger partial charge in [0, 0.05) is 37.6 Å². The van der Waals surface area contributed by atoms with Crippen LogP contribution in [-0.2, 0) is 17.9 Å². The predicted molar refractivity (Wildman–Crippen MR) is 149 cm³/mol. The maximum absolute atomic E-state index is 12.5. The highest BCUT2D eigenvalue weighted by Gasteiger charge is 2.32. The van der Waals surface area contributed by atoms with E-state index in [4.69, 9.17) is 15.2 Å². The van der Waals surface area contributed by atoms with Crippen molar-refractivity contribution < 1.29 is 19.1 Å². The van der Waals surface area contributed by atoms with Gasteiger partial charge in [-0.3, -0.25) is 4.90 Å². The summed E-state index contributed by atoms with van der Waals surface area (Å²) in [6.45, 7) is 1.91. The van der Waals surface area contributed by atoms with Crippen LogP contribution in [0, 0.1) is 0 Å². The molecule has 12 nitrogen and oxygen atoms in total. The van der Waals surface area contributed by atoms with Crippen LogP contribution < -0.4 is 26.4 Å². The number of amides is 3. The Labute approximate surface area is 231 Å². The van der Waals surface area contributed by atoms with Crippen molar-refractivity contribution in [2.75, 3.05) is 25.5 Å². The number of fused-ring (bicyclic) bond motifs is 1. The summed E-state index contributed by atoms with van der Waals surface area (Å²) in [5.41, 5.74) is 9.05. The van der Waals surface area contributed by atoms with Crippen molar-refractivity contribution in [3.63, 3.8) is 0 Å². The van der Waals surface area contributed by atoms with E-state index in [1.165, 1.54) is 6.33 Å². The number of piperidine rings is 1. The largest absolute Gasteiger partial charge is 0.497 e. The number of carbonyl (C=O) groups is 2. The molecule has 2 aromatic carbocycles. The first-order chi connectivity index (χ1) is 19.5. The Kier molecular flexibility index (Phi) is 8.26. The number of likely N-dealkylation sites (tertiary alicyclic amines) is 1. The molecule has 0 bridgehead atoms. The fraction of sp³-hybridized carbons (Fsp3) is 0.286. The lowest BCUT2D eigenvalue weighted by atomic mass is 9.99. The average molecular weight is 545 g/mol. The van der Waals surface area contributed by atoms with Crippen LogP contribution in [0.2, 0.25) is 0 Å². The standard InChI is InChI=1S/C28H32N8O4/c1-39-22-9-5-8-21(14-22)32-26-25-20(10-13-36(25)31-18-30-26)15-35-12-11-23(24(16-35)33-27(29)37)34-28(38)40-17-19-6-3-2-4-7-19/h2-10,13-14,18,23-24H,11-12,15-17H2,1H3,(H,34,38)(H3,29,33,37)(H,30,31,32)/t23-,24-/m1/s1.